The van der Waals surface area contributed by atoms with E-state index in [1.165, 1.54) is 0 Å². The van der Waals surface area contributed by atoms with Crippen molar-refractivity contribution in [1.82, 2.24) is 5.48 Å². The van der Waals surface area contributed by atoms with Crippen LogP contribution >= 0.6 is 0 Å². The zero-order valence-corrected chi connectivity index (χ0v) is 18.8. The molecule has 0 saturated heterocycles. The first-order valence-electron chi connectivity index (χ1n) is 10.5. The molecule has 168 valence electrons. The van der Waals surface area contributed by atoms with Crippen LogP contribution in [-0.4, -0.2) is 17.4 Å². The molecular weight excluding hydrogens is 408 g/mol. The predicted octanol–water partition coefficient (Wildman–Crippen LogP) is 4.04. The van der Waals surface area contributed by atoms with E-state index in [-0.39, 0.29) is 28.9 Å². The number of hydrogen-bond donors (Lipinski definition) is 2. The molecule has 0 saturated carbocycles. The molecule has 32 heavy (non-hydrogen) atoms. The fraction of sp³-hybridized carbons (Fsp3) is 0.320. The summed E-state index contributed by atoms with van der Waals surface area (Å²) in [6.07, 6.45) is 1.16. The molecule has 0 aliphatic rings. The summed E-state index contributed by atoms with van der Waals surface area (Å²) in [6, 6.07) is 12.5. The second-order valence-electron chi connectivity index (χ2n) is 8.69. The number of benzene rings is 2. The Balaban J connectivity index is 1.96. The van der Waals surface area contributed by atoms with Crippen molar-refractivity contribution in [3.8, 4) is 11.3 Å². The van der Waals surface area contributed by atoms with Gasteiger partial charge in [-0.05, 0) is 52.2 Å². The zero-order chi connectivity index (χ0) is 23.5. The molecule has 0 fully saturated rings. The molecule has 0 radical (unpaired) electrons. The Morgan fingerprint density at radius 1 is 1.09 bits per heavy atom. The van der Waals surface area contributed by atoms with Crippen LogP contribution in [0.2, 0.25) is 0 Å². The Morgan fingerprint density at radius 3 is 2.41 bits per heavy atom. The Kier molecular flexibility index (Phi) is 6.79. The van der Waals surface area contributed by atoms with Crippen LogP contribution in [0.4, 0.5) is 0 Å². The number of fused-ring (bicyclic) bond motifs is 1. The molecule has 1 heterocycles. The molecule has 0 atom stereocenters. The highest BCUT2D eigenvalue weighted by Crippen LogP contribution is 2.29. The van der Waals surface area contributed by atoms with Gasteiger partial charge in [0.1, 0.15) is 5.76 Å². The quantitative estimate of drug-likeness (QED) is 0.543. The lowest BCUT2D eigenvalue weighted by Crippen LogP contribution is -2.33. The summed E-state index contributed by atoms with van der Waals surface area (Å²) < 4.78 is 6.10. The number of amides is 2. The number of primary amides is 1. The van der Waals surface area contributed by atoms with Crippen molar-refractivity contribution in [2.45, 2.75) is 52.6 Å². The van der Waals surface area contributed by atoms with Crippen LogP contribution in [0.5, 0.6) is 0 Å². The normalized spacial score (nSPS) is 11.5. The van der Waals surface area contributed by atoms with Crippen LogP contribution in [0.3, 0.4) is 0 Å². The summed E-state index contributed by atoms with van der Waals surface area (Å²) in [6.45, 7) is 7.21. The van der Waals surface area contributed by atoms with E-state index in [1.54, 1.807) is 19.1 Å². The molecule has 7 nitrogen and oxygen atoms in total. The SMILES string of the molecule is Cc1c(-c2ccccc2)oc2c(C(N)=O)ccc(CCCC(=O)NOC(C)(C)C)c2c1=O. The van der Waals surface area contributed by atoms with Gasteiger partial charge in [0.05, 0.1) is 16.6 Å². The van der Waals surface area contributed by atoms with Gasteiger partial charge < -0.3 is 10.2 Å². The molecule has 0 bridgehead atoms. The van der Waals surface area contributed by atoms with Crippen LogP contribution in [-0.2, 0) is 16.1 Å². The average Bonchev–Trinajstić information content (AvgIpc) is 2.74. The minimum atomic E-state index is -0.675. The highest BCUT2D eigenvalue weighted by Gasteiger charge is 2.20. The van der Waals surface area contributed by atoms with Gasteiger partial charge in [0.2, 0.25) is 5.91 Å². The van der Waals surface area contributed by atoms with Crippen LogP contribution in [0.1, 0.15) is 55.1 Å². The summed E-state index contributed by atoms with van der Waals surface area (Å²) >= 11 is 0. The molecule has 0 unspecified atom stereocenters. The fourth-order valence-electron chi connectivity index (χ4n) is 3.42. The number of carbonyl (C=O) groups is 2. The van der Waals surface area contributed by atoms with Gasteiger partial charge in [-0.25, -0.2) is 5.48 Å². The van der Waals surface area contributed by atoms with Crippen LogP contribution < -0.4 is 16.6 Å². The van der Waals surface area contributed by atoms with Gasteiger partial charge in [-0.15, -0.1) is 0 Å². The highest BCUT2D eigenvalue weighted by atomic mass is 16.7. The largest absolute Gasteiger partial charge is 0.455 e. The predicted molar refractivity (Wildman–Crippen MR) is 123 cm³/mol. The first-order valence-corrected chi connectivity index (χ1v) is 10.5. The molecule has 3 N–H and O–H groups in total. The number of nitrogens with two attached hydrogens (primary N) is 1. The van der Waals surface area contributed by atoms with Crippen LogP contribution in [0.25, 0.3) is 22.3 Å². The fourth-order valence-corrected chi connectivity index (χ4v) is 3.42. The number of aryl methyl sites for hydroxylation is 1. The van der Waals surface area contributed by atoms with Crippen molar-refractivity contribution in [1.29, 1.82) is 0 Å². The standard InChI is InChI=1S/C25H28N2O5/c1-15-21(29)20-16(11-8-12-19(28)27-32-25(2,3)4)13-14-18(24(26)30)23(20)31-22(15)17-9-6-5-7-10-17/h5-7,9-10,13-14H,8,11-12H2,1-4H3,(H2,26,30)(H,27,28). The van der Waals surface area contributed by atoms with Crippen molar-refractivity contribution < 1.29 is 18.8 Å². The maximum atomic E-state index is 13.3. The molecular formula is C25H28N2O5. The summed E-state index contributed by atoms with van der Waals surface area (Å²) in [4.78, 5) is 42.6. The van der Waals surface area contributed by atoms with Gasteiger partial charge in [0.25, 0.3) is 5.91 Å². The van der Waals surface area contributed by atoms with Gasteiger partial charge in [0, 0.05) is 17.5 Å². The average molecular weight is 437 g/mol. The molecule has 0 spiro atoms. The van der Waals surface area contributed by atoms with E-state index < -0.39 is 11.5 Å². The van der Waals surface area contributed by atoms with E-state index in [1.807, 2.05) is 51.1 Å². The maximum absolute atomic E-state index is 13.3. The Morgan fingerprint density at radius 2 is 1.78 bits per heavy atom. The number of carbonyl (C=O) groups excluding carboxylic acids is 2. The molecule has 2 amide bonds. The number of hydroxylamine groups is 1. The third kappa shape index (κ3) is 5.23. The second kappa shape index (κ2) is 9.36. The zero-order valence-electron chi connectivity index (χ0n) is 18.8. The van der Waals surface area contributed by atoms with Gasteiger partial charge in [-0.1, -0.05) is 36.4 Å². The molecule has 2 aromatic carbocycles. The number of nitrogens with one attached hydrogen (secondary N) is 1. The maximum Gasteiger partial charge on any atom is 0.252 e. The third-order valence-electron chi connectivity index (χ3n) is 4.98. The molecule has 3 rings (SSSR count). The highest BCUT2D eigenvalue weighted by molar-refractivity contribution is 6.05. The Hall–Kier alpha value is -3.45. The van der Waals surface area contributed by atoms with Gasteiger partial charge in [-0.3, -0.25) is 19.2 Å². The molecule has 1 aromatic heterocycles. The van der Waals surface area contributed by atoms with Gasteiger partial charge in [0.15, 0.2) is 11.0 Å². The van der Waals surface area contributed by atoms with Crippen molar-refractivity contribution in [2.75, 3.05) is 0 Å². The third-order valence-corrected chi connectivity index (χ3v) is 4.98. The first kappa shape index (κ1) is 23.2. The molecule has 0 aliphatic carbocycles. The van der Waals surface area contributed by atoms with E-state index in [0.717, 1.165) is 5.56 Å². The molecule has 3 aromatic rings. The Labute approximate surface area is 186 Å². The topological polar surface area (TPSA) is 112 Å². The number of rotatable bonds is 7. The van der Waals surface area contributed by atoms with Gasteiger partial charge >= 0.3 is 0 Å². The minimum Gasteiger partial charge on any atom is -0.455 e. The van der Waals surface area contributed by atoms with Crippen molar-refractivity contribution in [3.63, 3.8) is 0 Å². The summed E-state index contributed by atoms with van der Waals surface area (Å²) in [5, 5.41) is 0.324. The van der Waals surface area contributed by atoms with Crippen molar-refractivity contribution in [2.24, 2.45) is 5.73 Å². The van der Waals surface area contributed by atoms with E-state index in [9.17, 15) is 14.4 Å². The summed E-state index contributed by atoms with van der Waals surface area (Å²) in [5.74, 6) is -0.514. The van der Waals surface area contributed by atoms with E-state index >= 15 is 0 Å². The summed E-state index contributed by atoms with van der Waals surface area (Å²) in [7, 11) is 0. The Bertz CT molecular complexity index is 1210. The lowest BCUT2D eigenvalue weighted by molar-refractivity contribution is -0.145. The molecule has 7 heteroatoms. The lowest BCUT2D eigenvalue weighted by atomic mass is 9.97. The molecule has 0 aliphatic heterocycles. The minimum absolute atomic E-state index is 0.148. The van der Waals surface area contributed by atoms with E-state index in [0.29, 0.717) is 35.1 Å². The smallest absolute Gasteiger partial charge is 0.252 e. The van der Waals surface area contributed by atoms with E-state index in [2.05, 4.69) is 5.48 Å². The lowest BCUT2D eigenvalue weighted by Gasteiger charge is -2.18. The summed E-state index contributed by atoms with van der Waals surface area (Å²) in [5.41, 5.74) is 9.48. The van der Waals surface area contributed by atoms with Gasteiger partial charge in [-0.2, -0.15) is 0 Å². The second-order valence-corrected chi connectivity index (χ2v) is 8.69. The first-order chi connectivity index (χ1) is 15.1. The number of hydrogen-bond acceptors (Lipinski definition) is 5. The monoisotopic (exact) mass is 436 g/mol. The van der Waals surface area contributed by atoms with Crippen LogP contribution in [0, 0.1) is 6.92 Å². The van der Waals surface area contributed by atoms with Crippen LogP contribution in [0.15, 0.2) is 51.7 Å². The van der Waals surface area contributed by atoms with E-state index in [4.69, 9.17) is 15.0 Å². The van der Waals surface area contributed by atoms with Crippen molar-refractivity contribution in [3.05, 3.63) is 69.4 Å². The van der Waals surface area contributed by atoms with Crippen molar-refractivity contribution >= 4 is 22.8 Å².